The summed E-state index contributed by atoms with van der Waals surface area (Å²) in [5.41, 5.74) is 0.322. The minimum absolute atomic E-state index is 0.0301. The van der Waals surface area contributed by atoms with Crippen LogP contribution in [0.15, 0.2) is 12.1 Å². The summed E-state index contributed by atoms with van der Waals surface area (Å²) in [6.45, 7) is -0.0301. The van der Waals surface area contributed by atoms with Crippen molar-refractivity contribution in [2.75, 3.05) is 13.7 Å². The molecule has 0 saturated carbocycles. The molecular formula is C9H7Cl3O2. The van der Waals surface area contributed by atoms with Crippen molar-refractivity contribution in [3.8, 4) is 0 Å². The van der Waals surface area contributed by atoms with E-state index in [1.807, 2.05) is 0 Å². The van der Waals surface area contributed by atoms with Crippen molar-refractivity contribution in [2.45, 2.75) is 0 Å². The number of Topliss-reactive ketones (excluding diaryl/α,β-unsaturated/α-hetero) is 1. The number of carbonyl (C=O) groups excluding carboxylic acids is 1. The van der Waals surface area contributed by atoms with E-state index in [1.54, 1.807) is 0 Å². The Morgan fingerprint density at radius 2 is 1.79 bits per heavy atom. The predicted octanol–water partition coefficient (Wildman–Crippen LogP) is 3.48. The van der Waals surface area contributed by atoms with Crippen molar-refractivity contribution in [1.82, 2.24) is 0 Å². The third-order valence-corrected chi connectivity index (χ3v) is 2.62. The van der Waals surface area contributed by atoms with Crippen LogP contribution in [0, 0.1) is 0 Å². The molecular weight excluding hydrogens is 246 g/mol. The summed E-state index contributed by atoms with van der Waals surface area (Å²) >= 11 is 17.3. The van der Waals surface area contributed by atoms with E-state index in [2.05, 4.69) is 0 Å². The van der Waals surface area contributed by atoms with E-state index in [0.717, 1.165) is 0 Å². The predicted molar refractivity (Wildman–Crippen MR) is 57.7 cm³/mol. The molecule has 76 valence electrons. The second-order valence-electron chi connectivity index (χ2n) is 2.60. The standard InChI is InChI=1S/C9H7Cl3O2/c1-14-4-9(13)5-2-7(11)8(12)3-6(5)10/h2-3H,4H2,1H3. The highest BCUT2D eigenvalue weighted by Gasteiger charge is 2.12. The first-order valence-electron chi connectivity index (χ1n) is 3.73. The van der Waals surface area contributed by atoms with E-state index in [4.69, 9.17) is 39.5 Å². The fraction of sp³-hybridized carbons (Fsp3) is 0.222. The Kier molecular flexibility index (Phi) is 4.20. The van der Waals surface area contributed by atoms with Crippen LogP contribution in [0.5, 0.6) is 0 Å². The molecule has 1 aromatic rings. The van der Waals surface area contributed by atoms with E-state index >= 15 is 0 Å². The van der Waals surface area contributed by atoms with Crippen molar-refractivity contribution in [2.24, 2.45) is 0 Å². The number of hydrogen-bond donors (Lipinski definition) is 0. The molecule has 0 atom stereocenters. The molecule has 0 aliphatic heterocycles. The average Bonchev–Trinajstić information content (AvgIpc) is 2.11. The second kappa shape index (κ2) is 4.99. The lowest BCUT2D eigenvalue weighted by atomic mass is 10.1. The third kappa shape index (κ3) is 2.61. The SMILES string of the molecule is COCC(=O)c1cc(Cl)c(Cl)cc1Cl. The first kappa shape index (κ1) is 11.8. The van der Waals surface area contributed by atoms with E-state index in [-0.39, 0.29) is 17.4 Å². The first-order chi connectivity index (χ1) is 6.56. The lowest BCUT2D eigenvalue weighted by Crippen LogP contribution is -2.07. The largest absolute Gasteiger partial charge is 0.377 e. The van der Waals surface area contributed by atoms with Gasteiger partial charge in [0.2, 0.25) is 0 Å². The average molecular weight is 254 g/mol. The second-order valence-corrected chi connectivity index (χ2v) is 3.82. The minimum atomic E-state index is -0.226. The number of ether oxygens (including phenoxy) is 1. The molecule has 0 aliphatic carbocycles. The van der Waals surface area contributed by atoms with E-state index in [9.17, 15) is 4.79 Å². The highest BCUT2D eigenvalue weighted by atomic mass is 35.5. The quantitative estimate of drug-likeness (QED) is 0.609. The molecule has 1 aromatic carbocycles. The summed E-state index contributed by atoms with van der Waals surface area (Å²) in [7, 11) is 1.43. The highest BCUT2D eigenvalue weighted by molar-refractivity contribution is 6.44. The first-order valence-corrected chi connectivity index (χ1v) is 4.86. The van der Waals surface area contributed by atoms with Crippen LogP contribution in [0.3, 0.4) is 0 Å². The minimum Gasteiger partial charge on any atom is -0.377 e. The zero-order chi connectivity index (χ0) is 10.7. The number of methoxy groups -OCH3 is 1. The Balaban J connectivity index is 3.09. The topological polar surface area (TPSA) is 26.3 Å². The van der Waals surface area contributed by atoms with Gasteiger partial charge in [-0.05, 0) is 12.1 Å². The molecule has 0 amide bonds. The highest BCUT2D eigenvalue weighted by Crippen LogP contribution is 2.29. The number of benzene rings is 1. The maximum Gasteiger partial charge on any atom is 0.189 e. The van der Waals surface area contributed by atoms with Crippen LogP contribution in [0.1, 0.15) is 10.4 Å². The lowest BCUT2D eigenvalue weighted by Gasteiger charge is -2.04. The van der Waals surface area contributed by atoms with Gasteiger partial charge in [-0.3, -0.25) is 4.79 Å². The summed E-state index contributed by atoms with van der Waals surface area (Å²) in [6.07, 6.45) is 0. The Labute approximate surface area is 96.7 Å². The fourth-order valence-electron chi connectivity index (χ4n) is 0.945. The number of hydrogen-bond acceptors (Lipinski definition) is 2. The molecule has 5 heteroatoms. The Morgan fingerprint density at radius 1 is 1.21 bits per heavy atom. The summed E-state index contributed by atoms with van der Waals surface area (Å²) in [5, 5.41) is 0.905. The van der Waals surface area contributed by atoms with Gasteiger partial charge in [0.05, 0.1) is 15.1 Å². The molecule has 1 rings (SSSR count). The molecule has 0 heterocycles. The Morgan fingerprint density at radius 3 is 2.36 bits per heavy atom. The van der Waals surface area contributed by atoms with Gasteiger partial charge in [0, 0.05) is 12.7 Å². The van der Waals surface area contributed by atoms with Gasteiger partial charge >= 0.3 is 0 Å². The van der Waals surface area contributed by atoms with Crippen LogP contribution in [0.4, 0.5) is 0 Å². The van der Waals surface area contributed by atoms with Gasteiger partial charge in [0.15, 0.2) is 5.78 Å². The smallest absolute Gasteiger partial charge is 0.189 e. The van der Waals surface area contributed by atoms with Crippen molar-refractivity contribution in [1.29, 1.82) is 0 Å². The Bertz CT molecular complexity index is 363. The maximum absolute atomic E-state index is 11.4. The van der Waals surface area contributed by atoms with Crippen LogP contribution in [0.25, 0.3) is 0 Å². The number of carbonyl (C=O) groups is 1. The van der Waals surface area contributed by atoms with Crippen LogP contribution in [0.2, 0.25) is 15.1 Å². The van der Waals surface area contributed by atoms with Crippen molar-refractivity contribution >= 4 is 40.6 Å². The summed E-state index contributed by atoms with van der Waals surface area (Å²) in [5.74, 6) is -0.226. The van der Waals surface area contributed by atoms with Crippen molar-refractivity contribution < 1.29 is 9.53 Å². The number of rotatable bonds is 3. The molecule has 0 unspecified atom stereocenters. The molecule has 0 aliphatic rings. The molecule has 0 bridgehead atoms. The van der Waals surface area contributed by atoms with Gasteiger partial charge in [-0.15, -0.1) is 0 Å². The fourth-order valence-corrected chi connectivity index (χ4v) is 1.60. The Hall–Kier alpha value is -0.280. The van der Waals surface area contributed by atoms with Crippen LogP contribution in [-0.2, 0) is 4.74 Å². The molecule has 0 radical (unpaired) electrons. The molecule has 14 heavy (non-hydrogen) atoms. The normalized spacial score (nSPS) is 10.3. The molecule has 0 saturated heterocycles. The van der Waals surface area contributed by atoms with Crippen LogP contribution >= 0.6 is 34.8 Å². The van der Waals surface area contributed by atoms with Gasteiger partial charge in [-0.2, -0.15) is 0 Å². The zero-order valence-corrected chi connectivity index (χ0v) is 9.58. The molecule has 0 fully saturated rings. The zero-order valence-electron chi connectivity index (χ0n) is 7.31. The molecule has 0 spiro atoms. The maximum atomic E-state index is 11.4. The lowest BCUT2D eigenvalue weighted by molar-refractivity contribution is 0.0848. The molecule has 0 N–H and O–H groups in total. The van der Waals surface area contributed by atoms with Crippen LogP contribution < -0.4 is 0 Å². The molecule has 2 nitrogen and oxygen atoms in total. The van der Waals surface area contributed by atoms with E-state index in [0.29, 0.717) is 15.6 Å². The van der Waals surface area contributed by atoms with Crippen LogP contribution in [-0.4, -0.2) is 19.5 Å². The van der Waals surface area contributed by atoms with E-state index in [1.165, 1.54) is 19.2 Å². The summed E-state index contributed by atoms with van der Waals surface area (Å²) in [6, 6.07) is 2.88. The summed E-state index contributed by atoms with van der Waals surface area (Å²) < 4.78 is 4.70. The van der Waals surface area contributed by atoms with Gasteiger partial charge in [0.25, 0.3) is 0 Å². The van der Waals surface area contributed by atoms with Gasteiger partial charge in [0.1, 0.15) is 6.61 Å². The third-order valence-electron chi connectivity index (χ3n) is 1.59. The summed E-state index contributed by atoms with van der Waals surface area (Å²) in [4.78, 5) is 11.4. The van der Waals surface area contributed by atoms with Crippen molar-refractivity contribution in [3.63, 3.8) is 0 Å². The van der Waals surface area contributed by atoms with E-state index < -0.39 is 0 Å². The monoisotopic (exact) mass is 252 g/mol. The number of ketones is 1. The van der Waals surface area contributed by atoms with Crippen molar-refractivity contribution in [3.05, 3.63) is 32.8 Å². The number of halogens is 3. The molecule has 0 aromatic heterocycles. The van der Waals surface area contributed by atoms with Gasteiger partial charge in [-0.25, -0.2) is 0 Å². The van der Waals surface area contributed by atoms with Gasteiger partial charge in [-0.1, -0.05) is 34.8 Å². The van der Waals surface area contributed by atoms with Gasteiger partial charge < -0.3 is 4.74 Å².